The number of carbonyl (C=O) groups is 2. The summed E-state index contributed by atoms with van der Waals surface area (Å²) in [7, 11) is 0. The number of aryl methyl sites for hydroxylation is 2. The first-order valence-corrected chi connectivity index (χ1v) is 8.52. The molecule has 0 unspecified atom stereocenters. The Hall–Kier alpha value is -2.10. The lowest BCUT2D eigenvalue weighted by Crippen LogP contribution is -2.17. The number of benzene rings is 1. The molecular weight excluding hydrogens is 290 g/mol. The third kappa shape index (κ3) is 2.78. The number of esters is 1. The Kier molecular flexibility index (Phi) is 4.51. The van der Waals surface area contributed by atoms with E-state index in [-0.39, 0.29) is 11.8 Å². The van der Waals surface area contributed by atoms with Gasteiger partial charge in [0, 0.05) is 23.9 Å². The van der Waals surface area contributed by atoms with Crippen LogP contribution < -0.4 is 0 Å². The number of ether oxygens (including phenoxy) is 1. The van der Waals surface area contributed by atoms with E-state index in [0.29, 0.717) is 18.6 Å². The van der Waals surface area contributed by atoms with Gasteiger partial charge in [-0.2, -0.15) is 0 Å². The van der Waals surface area contributed by atoms with Crippen molar-refractivity contribution in [1.82, 2.24) is 4.57 Å². The van der Waals surface area contributed by atoms with Crippen LogP contribution in [0.4, 0.5) is 0 Å². The molecule has 23 heavy (non-hydrogen) atoms. The van der Waals surface area contributed by atoms with E-state index in [1.54, 1.807) is 13.0 Å². The number of unbranched alkanes of at least 4 members (excludes halogenated alkanes) is 1. The average molecular weight is 313 g/mol. The van der Waals surface area contributed by atoms with Gasteiger partial charge >= 0.3 is 5.97 Å². The topological polar surface area (TPSA) is 48.3 Å². The minimum atomic E-state index is -0.300. The number of rotatable bonds is 5. The molecule has 1 aromatic heterocycles. The van der Waals surface area contributed by atoms with Crippen molar-refractivity contribution in [2.75, 3.05) is 6.61 Å². The van der Waals surface area contributed by atoms with E-state index in [2.05, 4.69) is 11.5 Å². The predicted octanol–water partition coefficient (Wildman–Crippen LogP) is 4.14. The predicted molar refractivity (Wildman–Crippen MR) is 90.1 cm³/mol. The summed E-state index contributed by atoms with van der Waals surface area (Å²) in [5.41, 5.74) is 3.60. The van der Waals surface area contributed by atoms with E-state index in [1.165, 1.54) is 0 Å². The molecule has 1 aliphatic heterocycles. The molecule has 4 nitrogen and oxygen atoms in total. The van der Waals surface area contributed by atoms with Crippen molar-refractivity contribution in [2.45, 2.75) is 52.5 Å². The van der Waals surface area contributed by atoms with Gasteiger partial charge in [-0.25, -0.2) is 4.79 Å². The number of ketones is 1. The molecule has 0 N–H and O–H groups in total. The highest BCUT2D eigenvalue weighted by Gasteiger charge is 2.25. The SMILES string of the molecule is CCCCc1c2n(c3ccc(C(=O)OCC)cc13)CCCC2=O. The molecule has 0 aliphatic carbocycles. The largest absolute Gasteiger partial charge is 0.462 e. The first-order chi connectivity index (χ1) is 11.2. The van der Waals surface area contributed by atoms with Crippen molar-refractivity contribution >= 4 is 22.7 Å². The highest BCUT2D eigenvalue weighted by Crippen LogP contribution is 2.32. The molecule has 0 spiro atoms. The van der Waals surface area contributed by atoms with E-state index < -0.39 is 0 Å². The van der Waals surface area contributed by atoms with Gasteiger partial charge in [-0.1, -0.05) is 13.3 Å². The zero-order valence-electron chi connectivity index (χ0n) is 13.9. The van der Waals surface area contributed by atoms with Crippen LogP contribution in [0, 0.1) is 0 Å². The van der Waals surface area contributed by atoms with Crippen molar-refractivity contribution in [1.29, 1.82) is 0 Å². The van der Waals surface area contributed by atoms with Gasteiger partial charge in [-0.05, 0) is 49.9 Å². The van der Waals surface area contributed by atoms with Gasteiger partial charge in [0.2, 0.25) is 0 Å². The summed E-state index contributed by atoms with van der Waals surface area (Å²) in [6, 6.07) is 5.66. The molecule has 0 radical (unpaired) electrons. The normalized spacial score (nSPS) is 14.1. The van der Waals surface area contributed by atoms with E-state index in [9.17, 15) is 9.59 Å². The highest BCUT2D eigenvalue weighted by atomic mass is 16.5. The van der Waals surface area contributed by atoms with Gasteiger partial charge in [0.05, 0.1) is 17.9 Å². The molecule has 4 heteroatoms. The lowest BCUT2D eigenvalue weighted by molar-refractivity contribution is 0.0526. The summed E-state index contributed by atoms with van der Waals surface area (Å²) in [5, 5.41) is 1.04. The fourth-order valence-corrected chi connectivity index (χ4v) is 3.44. The highest BCUT2D eigenvalue weighted by molar-refractivity contribution is 6.05. The number of fused-ring (bicyclic) bond motifs is 3. The Bertz CT molecular complexity index is 758. The van der Waals surface area contributed by atoms with Crippen LogP contribution in [0.25, 0.3) is 10.9 Å². The van der Waals surface area contributed by atoms with E-state index in [1.807, 2.05) is 12.1 Å². The number of nitrogens with zero attached hydrogens (tertiary/aromatic N) is 1. The standard InChI is InChI=1S/C19H23NO3/c1-3-5-7-14-15-12-13(19(22)23-4-2)9-10-16(15)20-11-6-8-17(21)18(14)20/h9-10,12H,3-8,11H2,1-2H3. The minimum absolute atomic E-state index is 0.233. The Morgan fingerprint density at radius 1 is 1.30 bits per heavy atom. The molecule has 0 amide bonds. The van der Waals surface area contributed by atoms with Crippen LogP contribution in [0.3, 0.4) is 0 Å². The van der Waals surface area contributed by atoms with Crippen molar-refractivity contribution in [3.63, 3.8) is 0 Å². The summed E-state index contributed by atoms with van der Waals surface area (Å²) in [6.45, 7) is 5.20. The van der Waals surface area contributed by atoms with Crippen molar-refractivity contribution < 1.29 is 14.3 Å². The van der Waals surface area contributed by atoms with Crippen molar-refractivity contribution in [3.05, 3.63) is 35.0 Å². The summed E-state index contributed by atoms with van der Waals surface area (Å²) in [5.74, 6) is -0.0671. The minimum Gasteiger partial charge on any atom is -0.462 e. The molecule has 122 valence electrons. The first-order valence-electron chi connectivity index (χ1n) is 8.52. The lowest BCUT2D eigenvalue weighted by atomic mass is 9.99. The van der Waals surface area contributed by atoms with Gasteiger partial charge < -0.3 is 9.30 Å². The molecule has 0 bridgehead atoms. The zero-order chi connectivity index (χ0) is 16.4. The molecule has 0 saturated carbocycles. The molecule has 1 aliphatic rings. The molecule has 0 fully saturated rings. The Morgan fingerprint density at radius 3 is 2.87 bits per heavy atom. The monoisotopic (exact) mass is 313 g/mol. The third-order valence-electron chi connectivity index (χ3n) is 4.51. The van der Waals surface area contributed by atoms with Crippen molar-refractivity contribution in [2.24, 2.45) is 0 Å². The van der Waals surface area contributed by atoms with Crippen LogP contribution >= 0.6 is 0 Å². The van der Waals surface area contributed by atoms with Gasteiger partial charge in [-0.15, -0.1) is 0 Å². The Labute approximate surface area is 136 Å². The fraction of sp³-hybridized carbons (Fsp3) is 0.474. The molecule has 2 aromatic rings. The molecule has 1 aromatic carbocycles. The Balaban J connectivity index is 2.17. The number of aromatic nitrogens is 1. The van der Waals surface area contributed by atoms with Gasteiger partial charge in [0.15, 0.2) is 5.78 Å². The maximum absolute atomic E-state index is 12.4. The summed E-state index contributed by atoms with van der Waals surface area (Å²) < 4.78 is 7.25. The second-order valence-electron chi connectivity index (χ2n) is 6.06. The number of hydrogen-bond acceptors (Lipinski definition) is 3. The summed E-state index contributed by atoms with van der Waals surface area (Å²) >= 11 is 0. The van der Waals surface area contributed by atoms with Crippen LogP contribution in [0.2, 0.25) is 0 Å². The van der Waals surface area contributed by atoms with Crippen LogP contribution in [0.5, 0.6) is 0 Å². The molecule has 3 rings (SSSR count). The van der Waals surface area contributed by atoms with Gasteiger partial charge in [0.1, 0.15) is 0 Å². The summed E-state index contributed by atoms with van der Waals surface area (Å²) in [4.78, 5) is 24.5. The molecule has 0 atom stereocenters. The zero-order valence-corrected chi connectivity index (χ0v) is 13.9. The van der Waals surface area contributed by atoms with Gasteiger partial charge in [-0.3, -0.25) is 4.79 Å². The van der Waals surface area contributed by atoms with Crippen LogP contribution in [-0.4, -0.2) is 22.9 Å². The number of hydrogen-bond donors (Lipinski definition) is 0. The second-order valence-corrected chi connectivity index (χ2v) is 6.06. The summed E-state index contributed by atoms with van der Waals surface area (Å²) in [6.07, 6.45) is 4.52. The molecule has 2 heterocycles. The fourth-order valence-electron chi connectivity index (χ4n) is 3.44. The number of Topliss-reactive ketones (excluding diaryl/α,β-unsaturated/α-hetero) is 1. The van der Waals surface area contributed by atoms with Gasteiger partial charge in [0.25, 0.3) is 0 Å². The molecule has 0 saturated heterocycles. The van der Waals surface area contributed by atoms with Crippen LogP contribution in [0.1, 0.15) is 65.9 Å². The van der Waals surface area contributed by atoms with E-state index >= 15 is 0 Å². The lowest BCUT2D eigenvalue weighted by Gasteiger charge is -2.16. The quantitative estimate of drug-likeness (QED) is 0.780. The third-order valence-corrected chi connectivity index (χ3v) is 4.51. The van der Waals surface area contributed by atoms with E-state index in [4.69, 9.17) is 4.74 Å². The van der Waals surface area contributed by atoms with Crippen molar-refractivity contribution in [3.8, 4) is 0 Å². The first kappa shape index (κ1) is 15.8. The smallest absolute Gasteiger partial charge is 0.338 e. The van der Waals surface area contributed by atoms with E-state index in [0.717, 1.165) is 54.4 Å². The second kappa shape index (κ2) is 6.57. The Morgan fingerprint density at radius 2 is 2.13 bits per heavy atom. The maximum atomic E-state index is 12.4. The number of carbonyl (C=O) groups excluding carboxylic acids is 2. The molecular formula is C19H23NO3. The maximum Gasteiger partial charge on any atom is 0.338 e. The van der Waals surface area contributed by atoms with Crippen LogP contribution in [-0.2, 0) is 17.7 Å². The average Bonchev–Trinajstić information content (AvgIpc) is 2.87. The van der Waals surface area contributed by atoms with Crippen LogP contribution in [0.15, 0.2) is 18.2 Å².